The summed E-state index contributed by atoms with van der Waals surface area (Å²) < 4.78 is 2.88. The molecule has 1 aromatic carbocycles. The second-order valence-corrected chi connectivity index (χ2v) is 6.95. The Kier molecular flexibility index (Phi) is 5.04. The SMILES string of the molecule is CC(C)CCn1c(=O)c2cccnc2n(Cc2ccc(Cl)cc2)c1=O. The van der Waals surface area contributed by atoms with Crippen LogP contribution in [0.1, 0.15) is 25.8 Å². The van der Waals surface area contributed by atoms with E-state index in [2.05, 4.69) is 18.8 Å². The minimum absolute atomic E-state index is 0.277. The molecule has 2 heterocycles. The van der Waals surface area contributed by atoms with E-state index in [1.54, 1.807) is 35.0 Å². The molecule has 3 rings (SSSR count). The Balaban J connectivity index is 2.17. The number of fused-ring (bicyclic) bond motifs is 1. The largest absolute Gasteiger partial charge is 0.332 e. The summed E-state index contributed by atoms with van der Waals surface area (Å²) in [6.45, 7) is 4.88. The van der Waals surface area contributed by atoms with Gasteiger partial charge in [-0.25, -0.2) is 9.78 Å². The minimum Gasteiger partial charge on any atom is -0.273 e. The van der Waals surface area contributed by atoms with E-state index in [-0.39, 0.29) is 11.2 Å². The molecule has 2 aromatic heterocycles. The van der Waals surface area contributed by atoms with Crippen LogP contribution >= 0.6 is 11.6 Å². The van der Waals surface area contributed by atoms with E-state index in [1.807, 2.05) is 12.1 Å². The topological polar surface area (TPSA) is 56.9 Å². The Morgan fingerprint density at radius 2 is 1.80 bits per heavy atom. The third-order valence-electron chi connectivity index (χ3n) is 4.16. The van der Waals surface area contributed by atoms with Crippen molar-refractivity contribution >= 4 is 22.6 Å². The number of pyridine rings is 1. The Hall–Kier alpha value is -2.40. The maximum Gasteiger partial charge on any atom is 0.332 e. The number of rotatable bonds is 5. The number of halogens is 1. The normalized spacial score (nSPS) is 11.4. The van der Waals surface area contributed by atoms with Crippen molar-refractivity contribution in [1.29, 1.82) is 0 Å². The van der Waals surface area contributed by atoms with Gasteiger partial charge in [0.05, 0.1) is 11.9 Å². The first-order valence-corrected chi connectivity index (χ1v) is 8.68. The second kappa shape index (κ2) is 7.23. The molecule has 25 heavy (non-hydrogen) atoms. The first kappa shape index (κ1) is 17.4. The highest BCUT2D eigenvalue weighted by Gasteiger charge is 2.14. The molecule has 0 aliphatic rings. The Bertz CT molecular complexity index is 1000. The van der Waals surface area contributed by atoms with E-state index >= 15 is 0 Å². The monoisotopic (exact) mass is 357 g/mol. The summed E-state index contributed by atoms with van der Waals surface area (Å²) in [5, 5.41) is 1.10. The van der Waals surface area contributed by atoms with Gasteiger partial charge in [-0.1, -0.05) is 37.6 Å². The van der Waals surface area contributed by atoms with Gasteiger partial charge in [0.25, 0.3) is 5.56 Å². The summed E-state index contributed by atoms with van der Waals surface area (Å²) in [6.07, 6.45) is 2.36. The number of hydrogen-bond donors (Lipinski definition) is 0. The quantitative estimate of drug-likeness (QED) is 0.704. The molecular weight excluding hydrogens is 338 g/mol. The van der Waals surface area contributed by atoms with Crippen LogP contribution in [0, 0.1) is 5.92 Å². The lowest BCUT2D eigenvalue weighted by Gasteiger charge is -2.14. The molecule has 0 atom stereocenters. The maximum atomic E-state index is 12.9. The van der Waals surface area contributed by atoms with Crippen molar-refractivity contribution in [3.05, 3.63) is 74.0 Å². The van der Waals surface area contributed by atoms with Crippen LogP contribution in [-0.4, -0.2) is 14.1 Å². The zero-order valence-corrected chi connectivity index (χ0v) is 15.0. The lowest BCUT2D eigenvalue weighted by atomic mass is 10.1. The van der Waals surface area contributed by atoms with Crippen molar-refractivity contribution in [3.63, 3.8) is 0 Å². The fraction of sp³-hybridized carbons (Fsp3) is 0.316. The molecule has 5 nitrogen and oxygen atoms in total. The average molecular weight is 358 g/mol. The van der Waals surface area contributed by atoms with Gasteiger partial charge < -0.3 is 0 Å². The molecule has 0 amide bonds. The molecule has 130 valence electrons. The first-order chi connectivity index (χ1) is 12.0. The van der Waals surface area contributed by atoms with Gasteiger partial charge in [-0.2, -0.15) is 0 Å². The molecule has 0 saturated carbocycles. The van der Waals surface area contributed by atoms with Crippen molar-refractivity contribution < 1.29 is 0 Å². The second-order valence-electron chi connectivity index (χ2n) is 6.51. The van der Waals surface area contributed by atoms with Gasteiger partial charge in [-0.05, 0) is 42.2 Å². The molecule has 6 heteroatoms. The van der Waals surface area contributed by atoms with E-state index in [0.29, 0.717) is 35.1 Å². The summed E-state index contributed by atoms with van der Waals surface area (Å²) in [5.41, 5.74) is 0.730. The van der Waals surface area contributed by atoms with Crippen LogP contribution in [-0.2, 0) is 13.1 Å². The Morgan fingerprint density at radius 3 is 2.48 bits per heavy atom. The lowest BCUT2D eigenvalue weighted by molar-refractivity contribution is 0.485. The summed E-state index contributed by atoms with van der Waals surface area (Å²) in [4.78, 5) is 29.9. The number of nitrogens with zero attached hydrogens (tertiary/aromatic N) is 3. The lowest BCUT2D eigenvalue weighted by Crippen LogP contribution is -2.40. The van der Waals surface area contributed by atoms with Crippen molar-refractivity contribution in [2.24, 2.45) is 5.92 Å². The molecule has 0 spiro atoms. The smallest absolute Gasteiger partial charge is 0.273 e. The fourth-order valence-electron chi connectivity index (χ4n) is 2.75. The standard InChI is InChI=1S/C19H20ClN3O2/c1-13(2)9-11-22-18(24)16-4-3-10-21-17(16)23(19(22)25)12-14-5-7-15(20)8-6-14/h3-8,10,13H,9,11-12H2,1-2H3. The van der Waals surface area contributed by atoms with Gasteiger partial charge in [0.15, 0.2) is 0 Å². The predicted octanol–water partition coefficient (Wildman–Crippen LogP) is 3.31. The molecule has 0 aliphatic carbocycles. The van der Waals surface area contributed by atoms with Gasteiger partial charge in [0.1, 0.15) is 5.65 Å². The highest BCUT2D eigenvalue weighted by Crippen LogP contribution is 2.12. The predicted molar refractivity (Wildman–Crippen MR) is 100 cm³/mol. The minimum atomic E-state index is -0.327. The van der Waals surface area contributed by atoms with Gasteiger partial charge in [-0.15, -0.1) is 0 Å². The number of aromatic nitrogens is 3. The summed E-state index contributed by atoms with van der Waals surface area (Å²) in [6, 6.07) is 10.7. The Morgan fingerprint density at radius 1 is 1.08 bits per heavy atom. The molecular formula is C19H20ClN3O2. The highest BCUT2D eigenvalue weighted by molar-refractivity contribution is 6.30. The molecule has 0 unspecified atom stereocenters. The van der Waals surface area contributed by atoms with Crippen LogP contribution < -0.4 is 11.2 Å². The molecule has 0 bridgehead atoms. The van der Waals surface area contributed by atoms with Crippen LogP contribution in [0.15, 0.2) is 52.2 Å². The van der Waals surface area contributed by atoms with Gasteiger partial charge in [0, 0.05) is 17.8 Å². The number of benzene rings is 1. The number of hydrogen-bond acceptors (Lipinski definition) is 3. The zero-order chi connectivity index (χ0) is 18.0. The molecule has 0 N–H and O–H groups in total. The first-order valence-electron chi connectivity index (χ1n) is 8.30. The third-order valence-corrected chi connectivity index (χ3v) is 4.42. The fourth-order valence-corrected chi connectivity index (χ4v) is 2.87. The maximum absolute atomic E-state index is 12.9. The molecule has 0 aliphatic heterocycles. The molecule has 3 aromatic rings. The summed E-state index contributed by atoms with van der Waals surface area (Å²) in [7, 11) is 0. The molecule has 0 saturated heterocycles. The van der Waals surface area contributed by atoms with Gasteiger partial charge >= 0.3 is 5.69 Å². The summed E-state index contributed by atoms with van der Waals surface area (Å²) in [5.74, 6) is 0.403. The van der Waals surface area contributed by atoms with Crippen molar-refractivity contribution in [2.75, 3.05) is 0 Å². The van der Waals surface area contributed by atoms with E-state index in [9.17, 15) is 9.59 Å². The van der Waals surface area contributed by atoms with Crippen LogP contribution in [0.5, 0.6) is 0 Å². The van der Waals surface area contributed by atoms with Crippen molar-refractivity contribution in [2.45, 2.75) is 33.4 Å². The van der Waals surface area contributed by atoms with Gasteiger partial charge in [-0.3, -0.25) is 13.9 Å². The molecule has 0 radical (unpaired) electrons. The van der Waals surface area contributed by atoms with Crippen LogP contribution in [0.4, 0.5) is 0 Å². The van der Waals surface area contributed by atoms with Crippen molar-refractivity contribution in [3.8, 4) is 0 Å². The highest BCUT2D eigenvalue weighted by atomic mass is 35.5. The van der Waals surface area contributed by atoms with Crippen LogP contribution in [0.3, 0.4) is 0 Å². The average Bonchev–Trinajstić information content (AvgIpc) is 2.60. The van der Waals surface area contributed by atoms with Gasteiger partial charge in [0.2, 0.25) is 0 Å². The van der Waals surface area contributed by atoms with Crippen LogP contribution in [0.2, 0.25) is 5.02 Å². The van der Waals surface area contributed by atoms with Crippen LogP contribution in [0.25, 0.3) is 11.0 Å². The molecule has 0 fully saturated rings. The third kappa shape index (κ3) is 3.66. The Labute approximate surface area is 150 Å². The zero-order valence-electron chi connectivity index (χ0n) is 14.3. The van der Waals surface area contributed by atoms with E-state index in [4.69, 9.17) is 11.6 Å². The summed E-state index contributed by atoms with van der Waals surface area (Å²) >= 11 is 5.93. The van der Waals surface area contributed by atoms with Crippen molar-refractivity contribution in [1.82, 2.24) is 14.1 Å². The van der Waals surface area contributed by atoms with E-state index < -0.39 is 0 Å². The van der Waals surface area contributed by atoms with E-state index in [0.717, 1.165) is 12.0 Å². The van der Waals surface area contributed by atoms with E-state index in [1.165, 1.54) is 4.57 Å².